The number of carboxylic acid groups (broad SMARTS) is 1. The van der Waals surface area contributed by atoms with Crippen molar-refractivity contribution < 1.29 is 19.5 Å². The van der Waals surface area contributed by atoms with Crippen molar-refractivity contribution in [3.63, 3.8) is 0 Å². The van der Waals surface area contributed by atoms with Gasteiger partial charge in [0.15, 0.2) is 0 Å². The second-order valence-corrected chi connectivity index (χ2v) is 3.35. The zero-order valence-corrected chi connectivity index (χ0v) is 7.50. The zero-order valence-electron chi connectivity index (χ0n) is 7.50. The van der Waals surface area contributed by atoms with Crippen LogP contribution in [0.25, 0.3) is 0 Å². The van der Waals surface area contributed by atoms with Crippen LogP contribution >= 0.6 is 0 Å². The molecule has 0 heterocycles. The van der Waals surface area contributed by atoms with Crippen LogP contribution in [0.2, 0.25) is 0 Å². The summed E-state index contributed by atoms with van der Waals surface area (Å²) in [6, 6.07) is 0. The Morgan fingerprint density at radius 1 is 1.38 bits per heavy atom. The maximum atomic E-state index is 11.4. The van der Waals surface area contributed by atoms with E-state index in [1.807, 2.05) is 0 Å². The van der Waals surface area contributed by atoms with Crippen LogP contribution in [0.15, 0.2) is 0 Å². The van der Waals surface area contributed by atoms with Crippen LogP contribution in [-0.4, -0.2) is 22.6 Å². The molecule has 0 aromatic heterocycles. The van der Waals surface area contributed by atoms with Gasteiger partial charge < -0.3 is 5.11 Å². The van der Waals surface area contributed by atoms with Gasteiger partial charge in [-0.3, -0.25) is 14.4 Å². The highest BCUT2D eigenvalue weighted by molar-refractivity contribution is 6.14. The second kappa shape index (κ2) is 3.28. The fraction of sp³-hybridized carbons (Fsp3) is 0.667. The Balaban J connectivity index is 2.95. The van der Waals surface area contributed by atoms with Crippen molar-refractivity contribution in [2.24, 2.45) is 5.41 Å². The van der Waals surface area contributed by atoms with Crippen LogP contribution in [-0.2, 0) is 14.4 Å². The topological polar surface area (TPSA) is 71.4 Å². The number of hydrogen-bond donors (Lipinski definition) is 1. The maximum Gasteiger partial charge on any atom is 0.304 e. The monoisotopic (exact) mass is 184 g/mol. The van der Waals surface area contributed by atoms with Gasteiger partial charge in [-0.05, 0) is 6.42 Å². The smallest absolute Gasteiger partial charge is 0.304 e. The molecule has 0 amide bonds. The molecule has 4 heteroatoms. The van der Waals surface area contributed by atoms with E-state index in [-0.39, 0.29) is 30.8 Å². The molecule has 0 bridgehead atoms. The summed E-state index contributed by atoms with van der Waals surface area (Å²) in [6.07, 6.45) is 0.373. The summed E-state index contributed by atoms with van der Waals surface area (Å²) in [5.74, 6) is -1.49. The minimum atomic E-state index is -1.20. The van der Waals surface area contributed by atoms with Gasteiger partial charge in [0.2, 0.25) is 0 Å². The Labute approximate surface area is 75.9 Å². The molecule has 0 aromatic carbocycles. The summed E-state index contributed by atoms with van der Waals surface area (Å²) in [5.41, 5.74) is -1.20. The largest absolute Gasteiger partial charge is 0.481 e. The number of carbonyl (C=O) groups excluding carboxylic acids is 2. The van der Waals surface area contributed by atoms with Crippen LogP contribution in [0.1, 0.15) is 32.6 Å². The predicted octanol–water partition coefficient (Wildman–Crippen LogP) is 0.789. The molecule has 0 aliphatic heterocycles. The molecule has 1 saturated carbocycles. The molecule has 4 nitrogen and oxygen atoms in total. The third-order valence-corrected chi connectivity index (χ3v) is 2.70. The highest BCUT2D eigenvalue weighted by Crippen LogP contribution is 2.37. The maximum absolute atomic E-state index is 11.4. The molecular formula is C9H12O4. The predicted molar refractivity (Wildman–Crippen MR) is 44.2 cm³/mol. The van der Waals surface area contributed by atoms with Crippen LogP contribution in [0.4, 0.5) is 0 Å². The zero-order chi connectivity index (χ0) is 10.1. The quantitative estimate of drug-likeness (QED) is 0.658. The summed E-state index contributed by atoms with van der Waals surface area (Å²) in [5, 5.41) is 8.60. The molecule has 0 aromatic rings. The Morgan fingerprint density at radius 2 is 1.85 bits per heavy atom. The first-order chi connectivity index (χ1) is 6.03. The van der Waals surface area contributed by atoms with Crippen LogP contribution in [0, 0.1) is 5.41 Å². The molecule has 1 N–H and O–H groups in total. The number of carboxylic acids is 1. The third kappa shape index (κ3) is 1.48. The number of hydrogen-bond acceptors (Lipinski definition) is 3. The fourth-order valence-electron chi connectivity index (χ4n) is 1.84. The molecule has 13 heavy (non-hydrogen) atoms. The van der Waals surface area contributed by atoms with Crippen molar-refractivity contribution in [2.45, 2.75) is 32.6 Å². The van der Waals surface area contributed by atoms with Crippen molar-refractivity contribution >= 4 is 17.5 Å². The molecule has 0 unspecified atom stereocenters. The van der Waals surface area contributed by atoms with E-state index in [0.29, 0.717) is 6.42 Å². The summed E-state index contributed by atoms with van der Waals surface area (Å²) < 4.78 is 0. The van der Waals surface area contributed by atoms with E-state index >= 15 is 0 Å². The minimum absolute atomic E-state index is 0.206. The molecule has 0 spiro atoms. The molecule has 0 atom stereocenters. The van der Waals surface area contributed by atoms with E-state index in [1.54, 1.807) is 6.92 Å². The van der Waals surface area contributed by atoms with Gasteiger partial charge in [0.05, 0.1) is 11.8 Å². The molecule has 72 valence electrons. The van der Waals surface area contributed by atoms with E-state index in [0.717, 1.165) is 0 Å². The average molecular weight is 184 g/mol. The first-order valence-corrected chi connectivity index (χ1v) is 4.31. The van der Waals surface area contributed by atoms with Crippen LogP contribution in [0.5, 0.6) is 0 Å². The normalized spacial score (nSPS) is 20.7. The average Bonchev–Trinajstić information content (AvgIpc) is 2.32. The van der Waals surface area contributed by atoms with Gasteiger partial charge in [-0.15, -0.1) is 0 Å². The summed E-state index contributed by atoms with van der Waals surface area (Å²) in [4.78, 5) is 33.3. The Morgan fingerprint density at radius 3 is 2.15 bits per heavy atom. The molecule has 0 radical (unpaired) electrons. The summed E-state index contributed by atoms with van der Waals surface area (Å²) in [7, 11) is 0. The lowest BCUT2D eigenvalue weighted by Gasteiger charge is -2.21. The minimum Gasteiger partial charge on any atom is -0.481 e. The van der Waals surface area contributed by atoms with Crippen molar-refractivity contribution in [1.82, 2.24) is 0 Å². The first-order valence-electron chi connectivity index (χ1n) is 4.31. The van der Waals surface area contributed by atoms with Crippen LogP contribution in [0.3, 0.4) is 0 Å². The van der Waals surface area contributed by atoms with E-state index in [9.17, 15) is 14.4 Å². The summed E-state index contributed by atoms with van der Waals surface area (Å²) >= 11 is 0. The Kier molecular flexibility index (Phi) is 2.50. The summed E-state index contributed by atoms with van der Waals surface area (Å²) in [6.45, 7) is 1.68. The van der Waals surface area contributed by atoms with Gasteiger partial charge in [0.1, 0.15) is 11.6 Å². The van der Waals surface area contributed by atoms with E-state index < -0.39 is 11.4 Å². The van der Waals surface area contributed by atoms with E-state index in [2.05, 4.69) is 0 Å². The van der Waals surface area contributed by atoms with Crippen LogP contribution < -0.4 is 0 Å². The number of rotatable bonds is 3. The number of carbonyl (C=O) groups is 3. The van der Waals surface area contributed by atoms with Gasteiger partial charge in [-0.2, -0.15) is 0 Å². The number of Topliss-reactive ketones (excluding diaryl/α,β-unsaturated/α-hetero) is 2. The highest BCUT2D eigenvalue weighted by Gasteiger charge is 2.49. The highest BCUT2D eigenvalue weighted by atomic mass is 16.4. The third-order valence-electron chi connectivity index (χ3n) is 2.70. The SMILES string of the molecule is CCC1(CC(=O)O)C(=O)CCC1=O. The number of aliphatic carboxylic acids is 1. The van der Waals surface area contributed by atoms with Gasteiger partial charge in [-0.1, -0.05) is 6.92 Å². The lowest BCUT2D eigenvalue weighted by Crippen LogP contribution is -2.34. The van der Waals surface area contributed by atoms with Gasteiger partial charge in [0, 0.05) is 12.8 Å². The first kappa shape index (κ1) is 9.89. The molecule has 1 aliphatic rings. The molecule has 1 aliphatic carbocycles. The Bertz CT molecular complexity index is 251. The number of ketones is 2. The van der Waals surface area contributed by atoms with Gasteiger partial charge in [-0.25, -0.2) is 0 Å². The van der Waals surface area contributed by atoms with E-state index in [1.165, 1.54) is 0 Å². The fourth-order valence-corrected chi connectivity index (χ4v) is 1.84. The lowest BCUT2D eigenvalue weighted by atomic mass is 9.78. The van der Waals surface area contributed by atoms with Crippen molar-refractivity contribution in [2.75, 3.05) is 0 Å². The van der Waals surface area contributed by atoms with Crippen molar-refractivity contribution in [3.05, 3.63) is 0 Å². The van der Waals surface area contributed by atoms with Crippen molar-refractivity contribution in [3.8, 4) is 0 Å². The van der Waals surface area contributed by atoms with E-state index in [4.69, 9.17) is 5.11 Å². The molecule has 1 fully saturated rings. The second-order valence-electron chi connectivity index (χ2n) is 3.35. The van der Waals surface area contributed by atoms with Crippen molar-refractivity contribution in [1.29, 1.82) is 0 Å². The molecule has 0 saturated heterocycles. The Hall–Kier alpha value is -1.19. The standard InChI is InChI=1S/C9H12O4/c1-2-9(5-8(12)13)6(10)3-4-7(9)11/h2-5H2,1H3,(H,12,13). The van der Waals surface area contributed by atoms with Gasteiger partial charge in [0.25, 0.3) is 0 Å². The lowest BCUT2D eigenvalue weighted by molar-refractivity contribution is -0.147. The molecular weight excluding hydrogens is 172 g/mol. The molecule has 1 rings (SSSR count). The van der Waals surface area contributed by atoms with Gasteiger partial charge >= 0.3 is 5.97 Å².